The molecule has 2 spiro atoms. The van der Waals surface area contributed by atoms with Crippen molar-refractivity contribution in [3.63, 3.8) is 0 Å². The first-order valence-electron chi connectivity index (χ1n) is 20.0. The highest BCUT2D eigenvalue weighted by Gasteiger charge is 3.00. The molecular weight excluding hydrogens is 580 g/mol. The molecule has 2 saturated heterocycles. The summed E-state index contributed by atoms with van der Waals surface area (Å²) in [5, 5.41) is 11.6. The van der Waals surface area contributed by atoms with Gasteiger partial charge in [0.05, 0.1) is 12.2 Å². The highest BCUT2D eigenvalue weighted by atomic mass is 32.2. The van der Waals surface area contributed by atoms with Crippen LogP contribution in [0.15, 0.2) is 10.2 Å². The Morgan fingerprint density at radius 2 is 0.756 bits per heavy atom. The van der Waals surface area contributed by atoms with E-state index in [1.807, 2.05) is 0 Å². The smallest absolute Gasteiger partial charge is 0.157 e. The molecule has 18 fully saturated rings. The molecule has 0 radical (unpaired) electrons. The van der Waals surface area contributed by atoms with Gasteiger partial charge in [0, 0.05) is 36.9 Å². The third kappa shape index (κ3) is 1.82. The Morgan fingerprint density at radius 3 is 1.04 bits per heavy atom. The van der Waals surface area contributed by atoms with E-state index >= 15 is 0 Å². The second-order valence-corrected chi connectivity index (χ2v) is 21.8. The third-order valence-corrected chi connectivity index (χ3v) is 22.9. The molecule has 0 aromatic carbocycles. The van der Waals surface area contributed by atoms with Gasteiger partial charge in [-0.1, -0.05) is 11.8 Å². The number of azo groups is 1. The van der Waals surface area contributed by atoms with Gasteiger partial charge in [0.1, 0.15) is 9.74 Å². The minimum Gasteiger partial charge on any atom is -0.353 e. The van der Waals surface area contributed by atoms with Gasteiger partial charge < -0.3 is 18.9 Å². The fraction of sp³-hybridized carbons (Fsp3) is 1.00. The Labute approximate surface area is 268 Å². The second kappa shape index (κ2) is 6.53. The molecule has 19 aliphatic rings. The molecular formula is C38H44N2O4S. The highest BCUT2D eigenvalue weighted by Crippen LogP contribution is 3.00. The zero-order chi connectivity index (χ0) is 27.8. The van der Waals surface area contributed by atoms with E-state index in [-0.39, 0.29) is 22.3 Å². The lowest BCUT2D eigenvalue weighted by molar-refractivity contribution is -0.199. The third-order valence-electron chi connectivity index (χ3n) is 21.0. The molecule has 14 unspecified atom stereocenters. The molecule has 236 valence electrons. The van der Waals surface area contributed by atoms with Gasteiger partial charge in [-0.15, -0.1) is 0 Å². The molecule has 6 nitrogen and oxygen atoms in total. The van der Waals surface area contributed by atoms with Crippen LogP contribution in [0, 0.1) is 142 Å². The predicted molar refractivity (Wildman–Crippen MR) is 159 cm³/mol. The van der Waals surface area contributed by atoms with Crippen LogP contribution in [-0.2, 0) is 18.9 Å². The molecule has 16 saturated carbocycles. The van der Waals surface area contributed by atoms with Crippen molar-refractivity contribution in [2.24, 2.45) is 152 Å². The summed E-state index contributed by atoms with van der Waals surface area (Å²) in [5.74, 6) is 22.5. The molecule has 0 aromatic rings. The van der Waals surface area contributed by atoms with Gasteiger partial charge in [0.15, 0.2) is 12.6 Å². The minimum atomic E-state index is 0.103. The van der Waals surface area contributed by atoms with Crippen molar-refractivity contribution < 1.29 is 18.9 Å². The van der Waals surface area contributed by atoms with Crippen molar-refractivity contribution in [3.8, 4) is 0 Å². The molecule has 3 heterocycles. The summed E-state index contributed by atoms with van der Waals surface area (Å²) < 4.78 is 26.3. The number of hydrogen-bond acceptors (Lipinski definition) is 7. The summed E-state index contributed by atoms with van der Waals surface area (Å²) >= 11 is 2.52. The molecule has 0 aromatic heterocycles. The van der Waals surface area contributed by atoms with Crippen LogP contribution in [0.25, 0.3) is 0 Å². The van der Waals surface area contributed by atoms with Crippen LogP contribution in [-0.4, -0.2) is 47.7 Å². The molecule has 0 N–H and O–H groups in total. The number of rotatable bonds is 4. The van der Waals surface area contributed by atoms with E-state index in [9.17, 15) is 0 Å². The molecule has 45 heavy (non-hydrogen) atoms. The summed E-state index contributed by atoms with van der Waals surface area (Å²) in [6, 6.07) is 0. The van der Waals surface area contributed by atoms with Crippen molar-refractivity contribution in [1.82, 2.24) is 0 Å². The van der Waals surface area contributed by atoms with Gasteiger partial charge in [-0.3, -0.25) is 0 Å². The van der Waals surface area contributed by atoms with Crippen molar-refractivity contribution in [1.29, 1.82) is 0 Å². The van der Waals surface area contributed by atoms with E-state index in [1.54, 1.807) is 0 Å². The Balaban J connectivity index is 0.719. The van der Waals surface area contributed by atoms with Crippen molar-refractivity contribution in [2.45, 2.75) is 73.1 Å². The number of hydrogen-bond donors (Lipinski definition) is 0. The monoisotopic (exact) mass is 624 g/mol. The van der Waals surface area contributed by atoms with Crippen LogP contribution in [0.1, 0.15) is 38.5 Å². The standard InChI is InChI=1S/C38H44N2O4S/c1-3-7-41-9(5-1)43-35-27-11-12-20-22-14(28(12)35)13(27)21-19(11)31(20)37(32(21)22)39-40-38(45-37)33-23-15-16-24(33)26-18-17(25(23)34(26)38)29(15)36(30(16)18)44-10-6-2-4-8-42-10/h9-36H,1-8H2/t9?,10?,11-,12-,13-,14+,15-,16+,17+,18+,19-,20+,21+,22-,23+,24-,25-,26+,27?,28?,29?,30?,31?,32?,33?,34?,35?,36?,37?,38?. The summed E-state index contributed by atoms with van der Waals surface area (Å²) in [5.41, 5.74) is 0. The fourth-order valence-corrected chi connectivity index (χ4v) is 24.8. The fourth-order valence-electron chi connectivity index (χ4n) is 22.4. The summed E-state index contributed by atoms with van der Waals surface area (Å²) in [4.78, 5) is 0.373. The molecule has 7 heteroatoms. The minimum absolute atomic E-state index is 0.103. The van der Waals surface area contributed by atoms with E-state index in [1.165, 1.54) is 25.7 Å². The summed E-state index contributed by atoms with van der Waals surface area (Å²) in [7, 11) is 0. The zero-order valence-corrected chi connectivity index (χ0v) is 26.6. The van der Waals surface area contributed by atoms with E-state index < -0.39 is 0 Å². The average Bonchev–Trinajstić information content (AvgIpc) is 3.86. The normalized spacial score (nSPS) is 82.8. The maximum Gasteiger partial charge on any atom is 0.157 e. The largest absolute Gasteiger partial charge is 0.353 e. The lowest BCUT2D eigenvalue weighted by Gasteiger charge is -2.35. The van der Waals surface area contributed by atoms with Crippen LogP contribution in [0.4, 0.5) is 0 Å². The van der Waals surface area contributed by atoms with Crippen molar-refractivity contribution in [2.75, 3.05) is 13.2 Å². The molecule has 3 aliphatic heterocycles. The first kappa shape index (κ1) is 23.2. The van der Waals surface area contributed by atoms with Gasteiger partial charge in [-0.2, -0.15) is 10.2 Å². The van der Waals surface area contributed by atoms with E-state index in [2.05, 4.69) is 11.8 Å². The second-order valence-electron chi connectivity index (χ2n) is 20.2. The van der Waals surface area contributed by atoms with Crippen molar-refractivity contribution >= 4 is 11.8 Å². The van der Waals surface area contributed by atoms with E-state index in [4.69, 9.17) is 29.2 Å². The zero-order valence-electron chi connectivity index (χ0n) is 25.8. The molecule has 16 aliphatic carbocycles. The van der Waals surface area contributed by atoms with Gasteiger partial charge in [0.2, 0.25) is 0 Å². The SMILES string of the molecule is C1CCC(OC2C3[C@@H]4[C@H]5C2[C@H]2[C@@H]3[C@@H]3C6[C@H]2[C@H]5C([C@H]43)C62N=NC3(S2)C2[C@@H]4[C@H]5C6C(OC7CCCCO7)C7[C@H]5[C@H]2[C@@H]2C3[C@H]4[C@@H]6[C@H]72)OC1. The first-order chi connectivity index (χ1) is 22.3. The van der Waals surface area contributed by atoms with Gasteiger partial charge in [0.25, 0.3) is 0 Å². The maximum atomic E-state index is 6.98. The number of nitrogens with zero attached hydrogens (tertiary/aromatic N) is 2. The topological polar surface area (TPSA) is 61.6 Å². The Hall–Kier alpha value is -0.210. The van der Waals surface area contributed by atoms with Crippen LogP contribution < -0.4 is 0 Å². The van der Waals surface area contributed by atoms with Crippen LogP contribution >= 0.6 is 11.8 Å². The number of thioether (sulfide) groups is 1. The Bertz CT molecular complexity index is 1320. The number of ether oxygens (including phenoxy) is 4. The molecule has 8 bridgehead atoms. The maximum absolute atomic E-state index is 6.98. The van der Waals surface area contributed by atoms with E-state index in [0.717, 1.165) is 168 Å². The Kier molecular flexibility index (Phi) is 3.37. The van der Waals surface area contributed by atoms with E-state index in [0.29, 0.717) is 12.2 Å². The first-order valence-corrected chi connectivity index (χ1v) is 20.8. The van der Waals surface area contributed by atoms with Gasteiger partial charge >= 0.3 is 0 Å². The molecule has 0 amide bonds. The van der Waals surface area contributed by atoms with Crippen LogP contribution in [0.3, 0.4) is 0 Å². The lowest BCUT2D eigenvalue weighted by atomic mass is 9.80. The van der Waals surface area contributed by atoms with Gasteiger partial charge in [-0.05, 0) is 157 Å². The van der Waals surface area contributed by atoms with Crippen LogP contribution in [0.2, 0.25) is 0 Å². The van der Waals surface area contributed by atoms with Crippen molar-refractivity contribution in [3.05, 3.63) is 0 Å². The highest BCUT2D eigenvalue weighted by molar-refractivity contribution is 8.02. The summed E-state index contributed by atoms with van der Waals surface area (Å²) in [6.07, 6.45) is 8.58. The molecule has 19 rings (SSSR count). The summed E-state index contributed by atoms with van der Waals surface area (Å²) in [6.45, 7) is 1.83. The average molecular weight is 625 g/mol. The van der Waals surface area contributed by atoms with Gasteiger partial charge in [-0.25, -0.2) is 0 Å². The molecule has 30 atom stereocenters. The lowest BCUT2D eigenvalue weighted by Crippen LogP contribution is -2.39. The quantitative estimate of drug-likeness (QED) is 0.421. The van der Waals surface area contributed by atoms with Crippen LogP contribution in [0.5, 0.6) is 0 Å². The predicted octanol–water partition coefficient (Wildman–Crippen LogP) is 5.38. The Morgan fingerprint density at radius 1 is 0.422 bits per heavy atom.